The lowest BCUT2D eigenvalue weighted by Gasteiger charge is -2.25. The van der Waals surface area contributed by atoms with Crippen LogP contribution in [0.3, 0.4) is 0 Å². The second-order valence-corrected chi connectivity index (χ2v) is 10.3. The van der Waals surface area contributed by atoms with E-state index in [0.29, 0.717) is 0 Å². The third-order valence-corrected chi connectivity index (χ3v) is 7.41. The molecule has 6 rings (SSSR count). The summed E-state index contributed by atoms with van der Waals surface area (Å²) in [6.45, 7) is 2.13. The number of hydrogen-bond donors (Lipinski definition) is 0. The molecule has 0 fully saturated rings. The quantitative estimate of drug-likeness (QED) is 0.174. The van der Waals surface area contributed by atoms with Crippen LogP contribution in [0.2, 0.25) is 0 Å². The largest absolute Gasteiger partial charge is 0.316 e. The molecule has 0 N–H and O–H groups in total. The summed E-state index contributed by atoms with van der Waals surface area (Å²) in [6.07, 6.45) is 10.8. The lowest BCUT2D eigenvalue weighted by molar-refractivity contribution is 1.28. The molecule has 42 heavy (non-hydrogen) atoms. The van der Waals surface area contributed by atoms with Gasteiger partial charge in [0.25, 0.3) is 0 Å². The molecule has 1 nitrogen and oxygen atoms in total. The van der Waals surface area contributed by atoms with Crippen molar-refractivity contribution in [3.05, 3.63) is 198 Å². The molecule has 0 spiro atoms. The molecule has 0 unspecified atom stereocenters. The van der Waals surface area contributed by atoms with E-state index in [1.54, 1.807) is 0 Å². The van der Waals surface area contributed by atoms with Crippen LogP contribution >= 0.6 is 0 Å². The van der Waals surface area contributed by atoms with Gasteiger partial charge in [0.05, 0.1) is 5.69 Å². The Balaban J connectivity index is 1.48. The summed E-state index contributed by atoms with van der Waals surface area (Å²) in [5, 5.41) is 2.41. The van der Waals surface area contributed by atoms with Gasteiger partial charge >= 0.3 is 0 Å². The van der Waals surface area contributed by atoms with Crippen molar-refractivity contribution in [3.8, 4) is 0 Å². The molecule has 0 amide bonds. The zero-order chi connectivity index (χ0) is 28.6. The van der Waals surface area contributed by atoms with Gasteiger partial charge in [-0.05, 0) is 52.8 Å². The van der Waals surface area contributed by atoms with Crippen LogP contribution in [-0.4, -0.2) is 0 Å². The van der Waals surface area contributed by atoms with Crippen molar-refractivity contribution in [1.82, 2.24) is 0 Å². The van der Waals surface area contributed by atoms with Crippen LogP contribution in [0.1, 0.15) is 27.8 Å². The maximum absolute atomic E-state index is 2.33. The minimum atomic E-state index is 1.12. The summed E-state index contributed by atoms with van der Waals surface area (Å²) in [5.41, 5.74) is 9.38. The molecule has 0 aromatic heterocycles. The Morgan fingerprint density at radius 1 is 0.500 bits per heavy atom. The first-order chi connectivity index (χ1) is 20.8. The molecule has 1 heteroatoms. The Kier molecular flexibility index (Phi) is 8.20. The summed E-state index contributed by atoms with van der Waals surface area (Å²) >= 11 is 0. The fraction of sp³-hybridized carbons (Fsp3) is 0.0244. The number of nitrogens with zero attached hydrogens (tertiary/aromatic N) is 1. The summed E-state index contributed by atoms with van der Waals surface area (Å²) in [4.78, 5) is 2.33. The van der Waals surface area contributed by atoms with Gasteiger partial charge in [0.15, 0.2) is 0 Å². The Morgan fingerprint density at radius 2 is 1.05 bits per heavy atom. The fourth-order valence-corrected chi connectivity index (χ4v) is 5.22. The Morgan fingerprint density at radius 3 is 1.69 bits per heavy atom. The molecule has 0 radical (unpaired) electrons. The van der Waals surface area contributed by atoms with Crippen molar-refractivity contribution in [2.45, 2.75) is 6.92 Å². The minimum Gasteiger partial charge on any atom is -0.316 e. The Bertz CT molecular complexity index is 1800. The van der Waals surface area contributed by atoms with E-state index in [9.17, 15) is 0 Å². The number of rotatable bonds is 8. The highest BCUT2D eigenvalue weighted by atomic mass is 15.1. The van der Waals surface area contributed by atoms with Crippen LogP contribution in [0.25, 0.3) is 28.5 Å². The standard InChI is InChI=1S/C41H33N/c1-32-25-28-37(29-26-32)42(31-40(34-18-7-3-8-19-34)35-20-9-4-10-21-35)41-30-27-36(38-23-13-14-24-39(38)41)22-12-11-17-33-15-5-2-6-16-33/h2-31H,1H3/b17-11+,22-12+. The molecule has 0 bridgehead atoms. The van der Waals surface area contributed by atoms with Gasteiger partial charge in [0.2, 0.25) is 0 Å². The zero-order valence-corrected chi connectivity index (χ0v) is 23.8. The summed E-state index contributed by atoms with van der Waals surface area (Å²) in [6, 6.07) is 53.6. The first-order valence-electron chi connectivity index (χ1n) is 14.4. The van der Waals surface area contributed by atoms with E-state index in [4.69, 9.17) is 0 Å². The lowest BCUT2D eigenvalue weighted by atomic mass is 9.97. The molecular weight excluding hydrogens is 506 g/mol. The van der Waals surface area contributed by atoms with E-state index < -0.39 is 0 Å². The average Bonchev–Trinajstić information content (AvgIpc) is 3.06. The third-order valence-electron chi connectivity index (χ3n) is 7.41. The SMILES string of the molecule is Cc1ccc(N(C=C(c2ccccc2)c2ccccc2)c2ccc(/C=C/C=C/c3ccccc3)c3ccccc23)cc1. The topological polar surface area (TPSA) is 3.24 Å². The van der Waals surface area contributed by atoms with Gasteiger partial charge < -0.3 is 4.90 Å². The summed E-state index contributed by atoms with van der Waals surface area (Å²) in [7, 11) is 0. The van der Waals surface area contributed by atoms with Crippen molar-refractivity contribution in [2.75, 3.05) is 4.90 Å². The number of benzene rings is 6. The van der Waals surface area contributed by atoms with Crippen molar-refractivity contribution in [2.24, 2.45) is 0 Å². The predicted octanol–water partition coefficient (Wildman–Crippen LogP) is 11.1. The van der Waals surface area contributed by atoms with Gasteiger partial charge in [-0.1, -0.05) is 163 Å². The third kappa shape index (κ3) is 6.16. The van der Waals surface area contributed by atoms with Gasteiger partial charge in [-0.3, -0.25) is 0 Å². The molecular formula is C41H33N. The highest BCUT2D eigenvalue weighted by Crippen LogP contribution is 2.37. The van der Waals surface area contributed by atoms with Gasteiger partial charge in [0.1, 0.15) is 0 Å². The van der Waals surface area contributed by atoms with E-state index in [1.807, 2.05) is 6.07 Å². The van der Waals surface area contributed by atoms with Gasteiger partial charge in [-0.2, -0.15) is 0 Å². The molecule has 0 saturated carbocycles. The van der Waals surface area contributed by atoms with E-state index >= 15 is 0 Å². The highest BCUT2D eigenvalue weighted by Gasteiger charge is 2.15. The summed E-state index contributed by atoms with van der Waals surface area (Å²) < 4.78 is 0. The number of aryl methyl sites for hydroxylation is 1. The molecule has 0 heterocycles. The maximum atomic E-state index is 2.33. The zero-order valence-electron chi connectivity index (χ0n) is 23.8. The van der Waals surface area contributed by atoms with Crippen LogP contribution in [-0.2, 0) is 0 Å². The molecule has 0 aliphatic rings. The van der Waals surface area contributed by atoms with Crippen molar-refractivity contribution in [1.29, 1.82) is 0 Å². The van der Waals surface area contributed by atoms with Crippen LogP contribution in [0.15, 0.2) is 170 Å². The molecule has 0 aliphatic heterocycles. The molecule has 6 aromatic rings. The van der Waals surface area contributed by atoms with Crippen LogP contribution < -0.4 is 4.90 Å². The van der Waals surface area contributed by atoms with Crippen molar-refractivity contribution < 1.29 is 0 Å². The first kappa shape index (κ1) is 26.8. The van der Waals surface area contributed by atoms with Crippen molar-refractivity contribution in [3.63, 3.8) is 0 Å². The van der Waals surface area contributed by atoms with E-state index in [0.717, 1.165) is 16.9 Å². The number of fused-ring (bicyclic) bond motifs is 1. The van der Waals surface area contributed by atoms with Crippen LogP contribution in [0.5, 0.6) is 0 Å². The second kappa shape index (κ2) is 12.8. The highest BCUT2D eigenvalue weighted by molar-refractivity contribution is 6.02. The Hall–Kier alpha value is -5.40. The summed E-state index contributed by atoms with van der Waals surface area (Å²) in [5.74, 6) is 0. The normalized spacial score (nSPS) is 11.3. The van der Waals surface area contributed by atoms with Gasteiger partial charge in [-0.15, -0.1) is 0 Å². The minimum absolute atomic E-state index is 1.12. The maximum Gasteiger partial charge on any atom is 0.0534 e. The van der Waals surface area contributed by atoms with E-state index in [1.165, 1.54) is 38.6 Å². The lowest BCUT2D eigenvalue weighted by Crippen LogP contribution is -2.11. The first-order valence-corrected chi connectivity index (χ1v) is 14.4. The monoisotopic (exact) mass is 539 g/mol. The predicted molar refractivity (Wildman–Crippen MR) is 182 cm³/mol. The van der Waals surface area contributed by atoms with Crippen molar-refractivity contribution >= 4 is 39.9 Å². The molecule has 0 aliphatic carbocycles. The van der Waals surface area contributed by atoms with Gasteiger partial charge in [-0.25, -0.2) is 0 Å². The second-order valence-electron chi connectivity index (χ2n) is 10.3. The van der Waals surface area contributed by atoms with Crippen LogP contribution in [0.4, 0.5) is 11.4 Å². The van der Waals surface area contributed by atoms with Gasteiger partial charge in [0, 0.05) is 22.8 Å². The molecule has 6 aromatic carbocycles. The number of anilines is 2. The van der Waals surface area contributed by atoms with E-state index in [2.05, 4.69) is 188 Å². The fourth-order valence-electron chi connectivity index (χ4n) is 5.22. The smallest absolute Gasteiger partial charge is 0.0534 e. The number of allylic oxidation sites excluding steroid dienone is 2. The average molecular weight is 540 g/mol. The molecule has 0 saturated heterocycles. The molecule has 0 atom stereocenters. The number of hydrogen-bond acceptors (Lipinski definition) is 1. The van der Waals surface area contributed by atoms with Crippen LogP contribution in [0, 0.1) is 6.92 Å². The Labute approximate surface area is 249 Å². The molecule has 202 valence electrons. The van der Waals surface area contributed by atoms with E-state index in [-0.39, 0.29) is 0 Å².